The second kappa shape index (κ2) is 2.96. The summed E-state index contributed by atoms with van der Waals surface area (Å²) in [5.41, 5.74) is 4.66. The van der Waals surface area contributed by atoms with Crippen molar-refractivity contribution in [3.05, 3.63) is 12.2 Å². The summed E-state index contributed by atoms with van der Waals surface area (Å²) in [5.74, 6) is -0.774. The first-order valence-corrected chi connectivity index (χ1v) is 2.11. The third-order valence-electron chi connectivity index (χ3n) is 0.482. The molecule has 3 heteroatoms. The molecule has 0 heterocycles. The van der Waals surface area contributed by atoms with Gasteiger partial charge in [0.2, 0.25) is 5.91 Å². The van der Waals surface area contributed by atoms with E-state index in [1.807, 2.05) is 0 Å². The molecule has 0 saturated carbocycles. The molecule has 0 radical (unpaired) electrons. The van der Waals surface area contributed by atoms with Gasteiger partial charge in [0.05, 0.1) is 0 Å². The largest absolute Gasteiger partial charge is 0.366 e. The standard InChI is InChI=1S/C5H7NO2/c1-4(7)2-3-5(6)8/h2-3H,1H3,(H2,6,8). The Morgan fingerprint density at radius 3 is 2.00 bits per heavy atom. The maximum Gasteiger partial charge on any atom is 0.241 e. The molecule has 0 saturated heterocycles. The normalized spacial score (nSPS) is 9.62. The zero-order chi connectivity index (χ0) is 6.57. The summed E-state index contributed by atoms with van der Waals surface area (Å²) in [5, 5.41) is 0. The number of carbonyl (C=O) groups is 2. The highest BCUT2D eigenvalue weighted by Crippen LogP contribution is 1.71. The quantitative estimate of drug-likeness (QED) is 0.496. The van der Waals surface area contributed by atoms with E-state index in [0.717, 1.165) is 12.2 Å². The summed E-state index contributed by atoms with van der Waals surface area (Å²) in [7, 11) is 0. The van der Waals surface area contributed by atoms with Crippen LogP contribution >= 0.6 is 0 Å². The Kier molecular flexibility index (Phi) is 2.54. The van der Waals surface area contributed by atoms with E-state index in [1.54, 1.807) is 0 Å². The lowest BCUT2D eigenvalue weighted by Gasteiger charge is -1.75. The summed E-state index contributed by atoms with van der Waals surface area (Å²) in [6.45, 7) is 1.35. The van der Waals surface area contributed by atoms with E-state index in [1.165, 1.54) is 6.92 Å². The maximum atomic E-state index is 10.1. The molecule has 0 aliphatic carbocycles. The van der Waals surface area contributed by atoms with Crippen molar-refractivity contribution in [2.75, 3.05) is 0 Å². The van der Waals surface area contributed by atoms with Crippen molar-refractivity contribution in [2.45, 2.75) is 6.92 Å². The second-order valence-corrected chi connectivity index (χ2v) is 1.35. The highest BCUT2D eigenvalue weighted by molar-refractivity contribution is 5.95. The molecule has 8 heavy (non-hydrogen) atoms. The lowest BCUT2D eigenvalue weighted by Crippen LogP contribution is -2.06. The number of primary amides is 1. The number of ketones is 1. The van der Waals surface area contributed by atoms with Crippen LogP contribution in [0.25, 0.3) is 0 Å². The molecule has 0 fully saturated rings. The molecule has 0 rings (SSSR count). The number of hydrogen-bond donors (Lipinski definition) is 1. The van der Waals surface area contributed by atoms with Crippen molar-refractivity contribution in [2.24, 2.45) is 5.73 Å². The minimum absolute atomic E-state index is 0.177. The van der Waals surface area contributed by atoms with Crippen LogP contribution in [0.3, 0.4) is 0 Å². The van der Waals surface area contributed by atoms with Crippen molar-refractivity contribution in [1.29, 1.82) is 0 Å². The molecule has 0 unspecified atom stereocenters. The third kappa shape index (κ3) is 4.88. The molecule has 0 aromatic heterocycles. The molecule has 0 aromatic carbocycles. The van der Waals surface area contributed by atoms with Crippen LogP contribution in [-0.4, -0.2) is 11.7 Å². The topological polar surface area (TPSA) is 60.2 Å². The molecular formula is C5H7NO2. The van der Waals surface area contributed by atoms with E-state index >= 15 is 0 Å². The Morgan fingerprint density at radius 1 is 1.38 bits per heavy atom. The van der Waals surface area contributed by atoms with Gasteiger partial charge in [-0.15, -0.1) is 0 Å². The first-order chi connectivity index (χ1) is 3.63. The Hall–Kier alpha value is -1.12. The molecule has 3 nitrogen and oxygen atoms in total. The molecule has 0 aromatic rings. The number of hydrogen-bond acceptors (Lipinski definition) is 2. The van der Waals surface area contributed by atoms with Crippen LogP contribution in [-0.2, 0) is 9.59 Å². The van der Waals surface area contributed by atoms with Gasteiger partial charge in [0.25, 0.3) is 0 Å². The molecule has 1 amide bonds. The summed E-state index contributed by atoms with van der Waals surface area (Å²) in [4.78, 5) is 19.9. The zero-order valence-corrected chi connectivity index (χ0v) is 4.55. The Labute approximate surface area is 47.2 Å². The van der Waals surface area contributed by atoms with E-state index in [4.69, 9.17) is 0 Å². The molecule has 0 atom stereocenters. The van der Waals surface area contributed by atoms with Gasteiger partial charge in [0.1, 0.15) is 0 Å². The molecule has 0 aliphatic rings. The average molecular weight is 113 g/mol. The minimum atomic E-state index is -0.597. The van der Waals surface area contributed by atoms with E-state index in [-0.39, 0.29) is 5.78 Å². The van der Waals surface area contributed by atoms with Gasteiger partial charge in [-0.25, -0.2) is 0 Å². The number of rotatable bonds is 2. The molecular weight excluding hydrogens is 106 g/mol. The van der Waals surface area contributed by atoms with E-state index in [9.17, 15) is 9.59 Å². The van der Waals surface area contributed by atoms with E-state index in [0.29, 0.717) is 0 Å². The Morgan fingerprint density at radius 2 is 1.88 bits per heavy atom. The highest BCUT2D eigenvalue weighted by Gasteiger charge is 1.83. The first kappa shape index (κ1) is 6.88. The predicted octanol–water partition coefficient (Wildman–Crippen LogP) is -0.383. The van der Waals surface area contributed by atoms with Gasteiger partial charge in [-0.3, -0.25) is 9.59 Å². The first-order valence-electron chi connectivity index (χ1n) is 2.11. The van der Waals surface area contributed by atoms with Gasteiger partial charge >= 0.3 is 0 Å². The summed E-state index contributed by atoms with van der Waals surface area (Å²) < 4.78 is 0. The van der Waals surface area contributed by atoms with E-state index in [2.05, 4.69) is 5.73 Å². The number of amides is 1. The van der Waals surface area contributed by atoms with Gasteiger partial charge in [0, 0.05) is 6.08 Å². The summed E-state index contributed by atoms with van der Waals surface area (Å²) in [6.07, 6.45) is 2.16. The van der Waals surface area contributed by atoms with Crippen LogP contribution in [0.1, 0.15) is 6.92 Å². The van der Waals surface area contributed by atoms with Gasteiger partial charge < -0.3 is 5.73 Å². The lowest BCUT2D eigenvalue weighted by atomic mass is 10.4. The van der Waals surface area contributed by atoms with Crippen LogP contribution in [0.2, 0.25) is 0 Å². The number of carbonyl (C=O) groups excluding carboxylic acids is 2. The average Bonchev–Trinajstić information content (AvgIpc) is 1.61. The van der Waals surface area contributed by atoms with Crippen LogP contribution in [0.15, 0.2) is 12.2 Å². The monoisotopic (exact) mass is 113 g/mol. The molecule has 0 bridgehead atoms. The van der Waals surface area contributed by atoms with Crippen molar-refractivity contribution < 1.29 is 9.59 Å². The highest BCUT2D eigenvalue weighted by atomic mass is 16.1. The zero-order valence-electron chi connectivity index (χ0n) is 4.55. The molecule has 0 spiro atoms. The number of allylic oxidation sites excluding steroid dienone is 1. The van der Waals surface area contributed by atoms with E-state index < -0.39 is 5.91 Å². The van der Waals surface area contributed by atoms with Crippen molar-refractivity contribution in [3.63, 3.8) is 0 Å². The SMILES string of the molecule is CC(=O)C=CC(N)=O. The maximum absolute atomic E-state index is 10.1. The van der Waals surface area contributed by atoms with Gasteiger partial charge in [-0.2, -0.15) is 0 Å². The molecule has 2 N–H and O–H groups in total. The summed E-state index contributed by atoms with van der Waals surface area (Å²) >= 11 is 0. The Balaban J connectivity index is 3.67. The fourth-order valence-corrected chi connectivity index (χ4v) is 0.199. The lowest BCUT2D eigenvalue weighted by molar-refractivity contribution is -0.115. The molecule has 0 aliphatic heterocycles. The van der Waals surface area contributed by atoms with Crippen LogP contribution < -0.4 is 5.73 Å². The van der Waals surface area contributed by atoms with Crippen molar-refractivity contribution in [1.82, 2.24) is 0 Å². The van der Waals surface area contributed by atoms with Gasteiger partial charge in [0.15, 0.2) is 5.78 Å². The van der Waals surface area contributed by atoms with Crippen LogP contribution in [0.4, 0.5) is 0 Å². The van der Waals surface area contributed by atoms with Gasteiger partial charge in [-0.05, 0) is 13.0 Å². The minimum Gasteiger partial charge on any atom is -0.366 e. The van der Waals surface area contributed by atoms with Crippen LogP contribution in [0, 0.1) is 0 Å². The predicted molar refractivity (Wildman–Crippen MR) is 29.0 cm³/mol. The Bertz CT molecular complexity index is 121. The summed E-state index contributed by atoms with van der Waals surface area (Å²) in [6, 6.07) is 0. The number of nitrogens with two attached hydrogens (primary N) is 1. The van der Waals surface area contributed by atoms with Gasteiger partial charge in [-0.1, -0.05) is 0 Å². The second-order valence-electron chi connectivity index (χ2n) is 1.35. The van der Waals surface area contributed by atoms with Crippen LogP contribution in [0.5, 0.6) is 0 Å². The molecule has 44 valence electrons. The van der Waals surface area contributed by atoms with Crippen molar-refractivity contribution >= 4 is 11.7 Å². The smallest absolute Gasteiger partial charge is 0.241 e. The third-order valence-corrected chi connectivity index (χ3v) is 0.482. The van der Waals surface area contributed by atoms with Crippen molar-refractivity contribution in [3.8, 4) is 0 Å². The fourth-order valence-electron chi connectivity index (χ4n) is 0.199. The fraction of sp³-hybridized carbons (Fsp3) is 0.200.